The molecule has 0 saturated heterocycles. The number of halogens is 1. The molecule has 0 saturated carbocycles. The number of rotatable bonds is 3. The monoisotopic (exact) mass is 233 g/mol. The molecule has 0 radical (unpaired) electrons. The Morgan fingerprint density at radius 3 is 2.81 bits per heavy atom. The zero-order valence-electron chi connectivity index (χ0n) is 8.94. The Labute approximate surface area is 99.5 Å². The molecule has 0 aliphatic rings. The maximum atomic E-state index is 5.86. The van der Waals surface area contributed by atoms with Gasteiger partial charge in [0.15, 0.2) is 0 Å². The van der Waals surface area contributed by atoms with Gasteiger partial charge in [-0.3, -0.25) is 0 Å². The van der Waals surface area contributed by atoms with Gasteiger partial charge in [0.25, 0.3) is 0 Å². The van der Waals surface area contributed by atoms with Crippen molar-refractivity contribution in [1.29, 1.82) is 0 Å². The number of aromatic nitrogens is 2. The molecule has 4 heteroatoms. The average Bonchev–Trinajstić information content (AvgIpc) is 2.30. The van der Waals surface area contributed by atoms with Crippen molar-refractivity contribution in [2.45, 2.75) is 12.8 Å². The van der Waals surface area contributed by atoms with E-state index >= 15 is 0 Å². The number of anilines is 2. The minimum Gasteiger partial charge on any atom is -0.340 e. The van der Waals surface area contributed by atoms with E-state index in [2.05, 4.69) is 15.3 Å². The number of benzene rings is 1. The van der Waals surface area contributed by atoms with Crippen molar-refractivity contribution < 1.29 is 0 Å². The number of hydrogen-bond acceptors (Lipinski definition) is 3. The third-order valence-electron chi connectivity index (χ3n) is 2.23. The van der Waals surface area contributed by atoms with Crippen LogP contribution in [0.5, 0.6) is 0 Å². The van der Waals surface area contributed by atoms with Crippen molar-refractivity contribution in [3.05, 3.63) is 47.9 Å². The van der Waals surface area contributed by atoms with Crippen molar-refractivity contribution in [1.82, 2.24) is 9.97 Å². The molecule has 1 N–H and O–H groups in total. The van der Waals surface area contributed by atoms with E-state index in [0.29, 0.717) is 5.88 Å². The number of nitrogens with zero attached hydrogens (tertiary/aromatic N) is 2. The Morgan fingerprint density at radius 1 is 1.25 bits per heavy atom. The number of alkyl halides is 1. The van der Waals surface area contributed by atoms with Crippen molar-refractivity contribution in [2.24, 2.45) is 0 Å². The van der Waals surface area contributed by atoms with Crippen LogP contribution in [0.15, 0.2) is 36.7 Å². The van der Waals surface area contributed by atoms with E-state index in [1.54, 1.807) is 6.33 Å². The van der Waals surface area contributed by atoms with Gasteiger partial charge in [0.2, 0.25) is 0 Å². The second-order valence-corrected chi connectivity index (χ2v) is 3.73. The van der Waals surface area contributed by atoms with Crippen LogP contribution in [-0.2, 0) is 5.88 Å². The molecule has 0 bridgehead atoms. The number of hydrogen-bond donors (Lipinski definition) is 1. The van der Waals surface area contributed by atoms with Gasteiger partial charge in [-0.2, -0.15) is 0 Å². The Hall–Kier alpha value is -1.61. The van der Waals surface area contributed by atoms with Gasteiger partial charge >= 0.3 is 0 Å². The van der Waals surface area contributed by atoms with Gasteiger partial charge in [0.1, 0.15) is 12.1 Å². The fourth-order valence-corrected chi connectivity index (χ4v) is 1.65. The molecule has 0 aliphatic heterocycles. The molecule has 0 spiro atoms. The fraction of sp³-hybridized carbons (Fsp3) is 0.167. The summed E-state index contributed by atoms with van der Waals surface area (Å²) in [6.45, 7) is 1.93. The van der Waals surface area contributed by atoms with Gasteiger partial charge in [-0.15, -0.1) is 11.6 Å². The second-order valence-electron chi connectivity index (χ2n) is 3.46. The highest BCUT2D eigenvalue weighted by Crippen LogP contribution is 2.20. The summed E-state index contributed by atoms with van der Waals surface area (Å²) in [6, 6.07) is 9.80. The zero-order chi connectivity index (χ0) is 11.4. The summed E-state index contributed by atoms with van der Waals surface area (Å²) in [5.41, 5.74) is 2.97. The molecule has 1 heterocycles. The molecular weight excluding hydrogens is 222 g/mol. The summed E-state index contributed by atoms with van der Waals surface area (Å²) in [4.78, 5) is 8.19. The number of aryl methyl sites for hydroxylation is 1. The van der Waals surface area contributed by atoms with E-state index in [0.717, 1.165) is 22.8 Å². The molecule has 82 valence electrons. The minimum absolute atomic E-state index is 0.479. The summed E-state index contributed by atoms with van der Waals surface area (Å²) in [7, 11) is 0. The van der Waals surface area contributed by atoms with E-state index in [1.165, 1.54) is 0 Å². The molecular formula is C12H12ClN3. The molecule has 2 aromatic rings. The van der Waals surface area contributed by atoms with E-state index in [4.69, 9.17) is 11.6 Å². The predicted molar refractivity (Wildman–Crippen MR) is 66.1 cm³/mol. The molecule has 3 nitrogen and oxygen atoms in total. The zero-order valence-corrected chi connectivity index (χ0v) is 9.70. The highest BCUT2D eigenvalue weighted by Gasteiger charge is 2.01. The van der Waals surface area contributed by atoms with Crippen LogP contribution in [0.2, 0.25) is 0 Å². The topological polar surface area (TPSA) is 37.8 Å². The average molecular weight is 234 g/mol. The van der Waals surface area contributed by atoms with Crippen molar-refractivity contribution >= 4 is 23.1 Å². The maximum absolute atomic E-state index is 5.86. The normalized spacial score (nSPS) is 10.1. The van der Waals surface area contributed by atoms with Gasteiger partial charge in [0, 0.05) is 23.3 Å². The first-order valence-electron chi connectivity index (χ1n) is 4.99. The first-order valence-corrected chi connectivity index (χ1v) is 5.52. The summed E-state index contributed by atoms with van der Waals surface area (Å²) in [5.74, 6) is 1.26. The molecule has 1 aromatic heterocycles. The number of para-hydroxylation sites is 1. The van der Waals surface area contributed by atoms with Crippen LogP contribution >= 0.6 is 11.6 Å². The molecule has 0 unspecified atom stereocenters. The minimum atomic E-state index is 0.479. The molecule has 0 aliphatic carbocycles. The Balaban J connectivity index is 2.26. The molecule has 0 amide bonds. The lowest BCUT2D eigenvalue weighted by Crippen LogP contribution is -1.97. The maximum Gasteiger partial charge on any atom is 0.133 e. The lowest BCUT2D eigenvalue weighted by molar-refractivity contribution is 1.10. The molecule has 2 rings (SSSR count). The van der Waals surface area contributed by atoms with Gasteiger partial charge in [-0.1, -0.05) is 18.2 Å². The molecule has 0 fully saturated rings. The SMILES string of the molecule is Cc1cc(Nc2ccccc2CCl)ncn1. The van der Waals surface area contributed by atoms with Crippen molar-refractivity contribution in [2.75, 3.05) is 5.32 Å². The van der Waals surface area contributed by atoms with Crippen LogP contribution in [-0.4, -0.2) is 9.97 Å². The number of nitrogens with one attached hydrogen (secondary N) is 1. The fourth-order valence-electron chi connectivity index (χ4n) is 1.42. The Kier molecular flexibility index (Phi) is 3.37. The highest BCUT2D eigenvalue weighted by molar-refractivity contribution is 6.17. The van der Waals surface area contributed by atoms with Gasteiger partial charge in [0.05, 0.1) is 0 Å². The van der Waals surface area contributed by atoms with Crippen LogP contribution < -0.4 is 5.32 Å². The van der Waals surface area contributed by atoms with Crippen LogP contribution in [0.1, 0.15) is 11.3 Å². The van der Waals surface area contributed by atoms with Gasteiger partial charge < -0.3 is 5.32 Å². The van der Waals surface area contributed by atoms with Gasteiger partial charge in [-0.25, -0.2) is 9.97 Å². The highest BCUT2D eigenvalue weighted by atomic mass is 35.5. The largest absolute Gasteiger partial charge is 0.340 e. The third-order valence-corrected chi connectivity index (χ3v) is 2.52. The van der Waals surface area contributed by atoms with Crippen LogP contribution in [0.25, 0.3) is 0 Å². The van der Waals surface area contributed by atoms with E-state index in [9.17, 15) is 0 Å². The third kappa shape index (κ3) is 2.49. The van der Waals surface area contributed by atoms with Crippen LogP contribution in [0.3, 0.4) is 0 Å². The van der Waals surface area contributed by atoms with Crippen LogP contribution in [0, 0.1) is 6.92 Å². The first kappa shape index (κ1) is 10.9. The molecule has 1 aromatic carbocycles. The van der Waals surface area contributed by atoms with Crippen LogP contribution in [0.4, 0.5) is 11.5 Å². The van der Waals surface area contributed by atoms with Crippen molar-refractivity contribution in [3.8, 4) is 0 Å². The lowest BCUT2D eigenvalue weighted by Gasteiger charge is -2.09. The summed E-state index contributed by atoms with van der Waals surface area (Å²) in [6.07, 6.45) is 1.54. The predicted octanol–water partition coefficient (Wildman–Crippen LogP) is 3.27. The quantitative estimate of drug-likeness (QED) is 0.827. The van der Waals surface area contributed by atoms with E-state index in [1.807, 2.05) is 37.3 Å². The first-order chi connectivity index (χ1) is 7.79. The van der Waals surface area contributed by atoms with E-state index in [-0.39, 0.29) is 0 Å². The van der Waals surface area contributed by atoms with E-state index < -0.39 is 0 Å². The standard InChI is InChI=1S/C12H12ClN3/c1-9-6-12(15-8-14-9)16-11-5-3-2-4-10(11)7-13/h2-6,8H,7H2,1H3,(H,14,15,16). The second kappa shape index (κ2) is 4.94. The Morgan fingerprint density at radius 2 is 2.06 bits per heavy atom. The Bertz CT molecular complexity index is 485. The summed E-state index contributed by atoms with van der Waals surface area (Å²) in [5, 5.41) is 3.23. The molecule has 16 heavy (non-hydrogen) atoms. The van der Waals surface area contributed by atoms with Gasteiger partial charge in [-0.05, 0) is 18.6 Å². The summed E-state index contributed by atoms with van der Waals surface area (Å²) < 4.78 is 0. The molecule has 0 atom stereocenters. The smallest absolute Gasteiger partial charge is 0.133 e. The van der Waals surface area contributed by atoms with Crippen molar-refractivity contribution in [3.63, 3.8) is 0 Å². The summed E-state index contributed by atoms with van der Waals surface area (Å²) >= 11 is 5.86. The lowest BCUT2D eigenvalue weighted by atomic mass is 10.2.